The van der Waals surface area contributed by atoms with E-state index in [1.165, 1.54) is 0 Å². The fourth-order valence-electron chi connectivity index (χ4n) is 1.72. The van der Waals surface area contributed by atoms with Crippen molar-refractivity contribution in [3.8, 4) is 0 Å². The Labute approximate surface area is 103 Å². The van der Waals surface area contributed by atoms with Crippen LogP contribution in [-0.2, 0) is 13.1 Å². The summed E-state index contributed by atoms with van der Waals surface area (Å²) in [6, 6.07) is 2.08. The topological polar surface area (TPSA) is 74.3 Å². The minimum atomic E-state index is 0.665. The van der Waals surface area contributed by atoms with Gasteiger partial charge in [0.05, 0.1) is 25.5 Å². The Bertz CT molecular complexity index is 549. The van der Waals surface area contributed by atoms with Gasteiger partial charge in [-0.3, -0.25) is 4.98 Å². The first-order valence-corrected chi connectivity index (χ1v) is 5.51. The summed E-state index contributed by atoms with van der Waals surface area (Å²) in [5.41, 5.74) is 2.16. The minimum Gasteiger partial charge on any atom is -0.264 e. The van der Waals surface area contributed by atoms with Crippen LogP contribution in [0, 0.1) is 0 Å². The second-order valence-corrected chi connectivity index (χ2v) is 3.90. The van der Waals surface area contributed by atoms with E-state index in [-0.39, 0.29) is 0 Å². The minimum absolute atomic E-state index is 0.665. The maximum absolute atomic E-state index is 4.22. The van der Waals surface area contributed by atoms with Crippen molar-refractivity contribution in [2.24, 2.45) is 0 Å². The molecule has 0 unspecified atom stereocenters. The number of hydrogen-bond donors (Lipinski definition) is 0. The molecule has 0 aromatic carbocycles. The van der Waals surface area contributed by atoms with Gasteiger partial charge in [-0.05, 0) is 17.2 Å². The van der Waals surface area contributed by atoms with Crippen LogP contribution in [-0.4, -0.2) is 35.0 Å². The lowest BCUT2D eigenvalue weighted by atomic mass is 10.2. The first-order chi connectivity index (χ1) is 8.90. The summed E-state index contributed by atoms with van der Waals surface area (Å²) in [4.78, 5) is 4.22. The third-order valence-electron chi connectivity index (χ3n) is 2.48. The van der Waals surface area contributed by atoms with Crippen LogP contribution in [0.5, 0.6) is 0 Å². The van der Waals surface area contributed by atoms with Crippen molar-refractivity contribution in [3.63, 3.8) is 0 Å². The number of pyridine rings is 1. The lowest BCUT2D eigenvalue weighted by molar-refractivity contribution is 0.636. The zero-order chi connectivity index (χ0) is 12.2. The first kappa shape index (κ1) is 10.6. The summed E-state index contributed by atoms with van der Waals surface area (Å²) in [5.74, 6) is 0. The van der Waals surface area contributed by atoms with E-state index in [1.807, 2.05) is 24.8 Å². The van der Waals surface area contributed by atoms with Crippen LogP contribution in [0.2, 0.25) is 0 Å². The van der Waals surface area contributed by atoms with E-state index < -0.39 is 0 Å². The molecule has 0 N–H and O–H groups in total. The molecule has 0 fully saturated rings. The van der Waals surface area contributed by atoms with Crippen molar-refractivity contribution >= 4 is 0 Å². The van der Waals surface area contributed by atoms with E-state index in [4.69, 9.17) is 0 Å². The third-order valence-corrected chi connectivity index (χ3v) is 2.48. The Hall–Kier alpha value is -2.57. The average Bonchev–Trinajstić information content (AvgIpc) is 3.03. The molecule has 0 radical (unpaired) electrons. The van der Waals surface area contributed by atoms with Crippen LogP contribution < -0.4 is 0 Å². The Morgan fingerprint density at radius 2 is 1.39 bits per heavy atom. The fourth-order valence-corrected chi connectivity index (χ4v) is 1.72. The average molecular weight is 241 g/mol. The monoisotopic (exact) mass is 241 g/mol. The predicted octanol–water partition coefficient (Wildman–Crippen LogP) is 0.361. The quantitative estimate of drug-likeness (QED) is 0.659. The van der Waals surface area contributed by atoms with E-state index in [0.717, 1.165) is 11.1 Å². The highest BCUT2D eigenvalue weighted by Gasteiger charge is 2.00. The van der Waals surface area contributed by atoms with Gasteiger partial charge in [-0.25, -0.2) is 9.36 Å². The summed E-state index contributed by atoms with van der Waals surface area (Å²) in [5, 5.41) is 15.4. The molecule has 0 amide bonds. The van der Waals surface area contributed by atoms with Crippen LogP contribution in [0.1, 0.15) is 11.1 Å². The highest BCUT2D eigenvalue weighted by molar-refractivity contribution is 5.18. The Morgan fingerprint density at radius 1 is 0.833 bits per heavy atom. The first-order valence-electron chi connectivity index (χ1n) is 5.51. The van der Waals surface area contributed by atoms with Gasteiger partial charge in [0, 0.05) is 24.8 Å². The van der Waals surface area contributed by atoms with Crippen LogP contribution in [0.15, 0.2) is 43.2 Å². The van der Waals surface area contributed by atoms with E-state index >= 15 is 0 Å². The van der Waals surface area contributed by atoms with E-state index in [9.17, 15) is 0 Å². The Morgan fingerprint density at radius 3 is 1.83 bits per heavy atom. The molecular weight excluding hydrogens is 230 g/mol. The van der Waals surface area contributed by atoms with Crippen molar-refractivity contribution < 1.29 is 0 Å². The van der Waals surface area contributed by atoms with Gasteiger partial charge in [-0.1, -0.05) is 10.4 Å². The molecule has 18 heavy (non-hydrogen) atoms. The second-order valence-electron chi connectivity index (χ2n) is 3.90. The third kappa shape index (κ3) is 2.40. The van der Waals surface area contributed by atoms with Gasteiger partial charge in [0.15, 0.2) is 0 Å². The molecule has 0 spiro atoms. The van der Waals surface area contributed by atoms with Crippen molar-refractivity contribution in [1.82, 2.24) is 35.0 Å². The highest BCUT2D eigenvalue weighted by Crippen LogP contribution is 2.05. The zero-order valence-corrected chi connectivity index (χ0v) is 9.59. The van der Waals surface area contributed by atoms with E-state index in [0.29, 0.717) is 13.1 Å². The fraction of sp³-hybridized carbons (Fsp3) is 0.182. The lowest BCUT2D eigenvalue weighted by Gasteiger charge is -2.04. The summed E-state index contributed by atoms with van der Waals surface area (Å²) in [7, 11) is 0. The van der Waals surface area contributed by atoms with Crippen molar-refractivity contribution in [2.45, 2.75) is 13.1 Å². The molecular formula is C11H11N7. The number of nitrogens with zero attached hydrogens (tertiary/aromatic N) is 7. The van der Waals surface area contributed by atoms with Gasteiger partial charge in [0.1, 0.15) is 0 Å². The molecule has 3 aromatic rings. The number of aromatic nitrogens is 7. The molecule has 7 heteroatoms. The van der Waals surface area contributed by atoms with Crippen molar-refractivity contribution in [1.29, 1.82) is 0 Å². The van der Waals surface area contributed by atoms with Crippen molar-refractivity contribution in [3.05, 3.63) is 54.4 Å². The van der Waals surface area contributed by atoms with Gasteiger partial charge in [-0.2, -0.15) is 0 Å². The summed E-state index contributed by atoms with van der Waals surface area (Å²) in [6.45, 7) is 1.33. The summed E-state index contributed by atoms with van der Waals surface area (Å²) < 4.78 is 3.52. The summed E-state index contributed by atoms with van der Waals surface area (Å²) >= 11 is 0. The van der Waals surface area contributed by atoms with Crippen LogP contribution >= 0.6 is 0 Å². The molecule has 0 bridgehead atoms. The van der Waals surface area contributed by atoms with Gasteiger partial charge in [0.25, 0.3) is 0 Å². The SMILES string of the molecule is c1cn(Cc2cncc(Cn3ccnn3)c2)nn1. The molecule has 3 aromatic heterocycles. The molecule has 90 valence electrons. The highest BCUT2D eigenvalue weighted by atomic mass is 15.4. The molecule has 3 heterocycles. The zero-order valence-electron chi connectivity index (χ0n) is 9.59. The molecule has 0 aliphatic heterocycles. The Kier molecular flexibility index (Phi) is 2.79. The van der Waals surface area contributed by atoms with E-state index in [1.54, 1.807) is 21.8 Å². The van der Waals surface area contributed by atoms with E-state index in [2.05, 4.69) is 31.7 Å². The van der Waals surface area contributed by atoms with Crippen LogP contribution in [0.4, 0.5) is 0 Å². The molecule has 0 aliphatic rings. The van der Waals surface area contributed by atoms with Gasteiger partial charge < -0.3 is 0 Å². The summed E-state index contributed by atoms with van der Waals surface area (Å²) in [6.07, 6.45) is 10.6. The second kappa shape index (κ2) is 4.74. The maximum Gasteiger partial charge on any atom is 0.0693 e. The van der Waals surface area contributed by atoms with Gasteiger partial charge in [0.2, 0.25) is 0 Å². The molecule has 0 atom stereocenters. The smallest absolute Gasteiger partial charge is 0.0693 e. The molecule has 3 rings (SSSR count). The van der Waals surface area contributed by atoms with Crippen molar-refractivity contribution in [2.75, 3.05) is 0 Å². The van der Waals surface area contributed by atoms with Gasteiger partial charge in [-0.15, -0.1) is 10.2 Å². The van der Waals surface area contributed by atoms with Crippen LogP contribution in [0.3, 0.4) is 0 Å². The molecule has 0 saturated heterocycles. The number of hydrogen-bond acceptors (Lipinski definition) is 5. The molecule has 7 nitrogen and oxygen atoms in total. The van der Waals surface area contributed by atoms with Crippen LogP contribution in [0.25, 0.3) is 0 Å². The lowest BCUT2D eigenvalue weighted by Crippen LogP contribution is -2.04. The largest absolute Gasteiger partial charge is 0.264 e. The normalized spacial score (nSPS) is 10.7. The Balaban J connectivity index is 1.76. The van der Waals surface area contributed by atoms with Gasteiger partial charge >= 0.3 is 0 Å². The molecule has 0 aliphatic carbocycles. The maximum atomic E-state index is 4.22. The molecule has 0 saturated carbocycles. The number of rotatable bonds is 4. The predicted molar refractivity (Wildman–Crippen MR) is 62.5 cm³/mol. The standard InChI is InChI=1S/C11H11N7/c1-3-17(15-13-1)8-10-5-11(7-12-6-10)9-18-4-2-14-16-18/h1-7H,8-9H2.